The van der Waals surface area contributed by atoms with Crippen molar-refractivity contribution >= 4 is 29.1 Å². The Bertz CT molecular complexity index is 851. The predicted molar refractivity (Wildman–Crippen MR) is 79.1 cm³/mol. The number of aryl methyl sites for hydroxylation is 1. The van der Waals surface area contributed by atoms with Crippen molar-refractivity contribution in [3.8, 4) is 0 Å². The number of ether oxygens (including phenoxy) is 2. The second kappa shape index (κ2) is 6.57. The van der Waals surface area contributed by atoms with Crippen LogP contribution in [0.2, 0.25) is 0 Å². The van der Waals surface area contributed by atoms with E-state index < -0.39 is 30.3 Å². The van der Waals surface area contributed by atoms with Gasteiger partial charge in [0.1, 0.15) is 6.61 Å². The van der Waals surface area contributed by atoms with Crippen LogP contribution in [0.25, 0.3) is 11.1 Å². The molecule has 1 fully saturated rings. The number of benzene rings is 1. The first-order chi connectivity index (χ1) is 11.6. The first kappa shape index (κ1) is 15.8. The third kappa shape index (κ3) is 3.14. The standard InChI is InChI=1S/C15H14N2O7/c18-12(17-7-8-22-14(17)20)9-23-13(19)5-6-16-10-3-1-2-4-11(10)24-15(16)21/h1-4H,5-9H2. The molecule has 126 valence electrons. The Labute approximate surface area is 135 Å². The Balaban J connectivity index is 1.54. The van der Waals surface area contributed by atoms with Crippen molar-refractivity contribution in [1.82, 2.24) is 9.47 Å². The number of rotatable bonds is 5. The number of amides is 2. The highest BCUT2D eigenvalue weighted by atomic mass is 16.6. The van der Waals surface area contributed by atoms with E-state index in [0.29, 0.717) is 11.1 Å². The molecule has 0 spiro atoms. The molecule has 24 heavy (non-hydrogen) atoms. The summed E-state index contributed by atoms with van der Waals surface area (Å²) in [7, 11) is 0. The lowest BCUT2D eigenvalue weighted by atomic mass is 10.3. The minimum Gasteiger partial charge on any atom is -0.455 e. The fourth-order valence-corrected chi connectivity index (χ4v) is 2.34. The molecular weight excluding hydrogens is 320 g/mol. The van der Waals surface area contributed by atoms with Gasteiger partial charge in [0, 0.05) is 6.54 Å². The van der Waals surface area contributed by atoms with Gasteiger partial charge >= 0.3 is 17.8 Å². The van der Waals surface area contributed by atoms with E-state index in [-0.39, 0.29) is 26.1 Å². The number of aromatic nitrogens is 1. The largest absolute Gasteiger partial charge is 0.455 e. The Hall–Kier alpha value is -3.10. The van der Waals surface area contributed by atoms with Crippen molar-refractivity contribution in [3.63, 3.8) is 0 Å². The van der Waals surface area contributed by atoms with Gasteiger partial charge < -0.3 is 13.9 Å². The zero-order valence-electron chi connectivity index (χ0n) is 12.6. The van der Waals surface area contributed by atoms with Crippen molar-refractivity contribution in [2.24, 2.45) is 0 Å². The molecule has 9 nitrogen and oxygen atoms in total. The highest BCUT2D eigenvalue weighted by Crippen LogP contribution is 2.12. The number of nitrogens with zero attached hydrogens (tertiary/aromatic N) is 2. The Kier molecular flexibility index (Phi) is 4.32. The van der Waals surface area contributed by atoms with E-state index >= 15 is 0 Å². The molecule has 2 heterocycles. The van der Waals surface area contributed by atoms with E-state index in [4.69, 9.17) is 9.15 Å². The summed E-state index contributed by atoms with van der Waals surface area (Å²) in [6, 6.07) is 6.84. The van der Waals surface area contributed by atoms with E-state index in [0.717, 1.165) is 4.90 Å². The highest BCUT2D eigenvalue weighted by Gasteiger charge is 2.28. The Morgan fingerprint density at radius 2 is 2.00 bits per heavy atom. The van der Waals surface area contributed by atoms with E-state index in [9.17, 15) is 19.2 Å². The molecule has 2 amide bonds. The van der Waals surface area contributed by atoms with Crippen LogP contribution in [0.4, 0.5) is 4.79 Å². The summed E-state index contributed by atoms with van der Waals surface area (Å²) in [6.45, 7) is -0.204. The molecule has 0 unspecified atom stereocenters. The summed E-state index contributed by atoms with van der Waals surface area (Å²) in [5.74, 6) is -1.87. The average Bonchev–Trinajstić information content (AvgIpc) is 3.13. The van der Waals surface area contributed by atoms with Crippen LogP contribution in [0, 0.1) is 0 Å². The monoisotopic (exact) mass is 334 g/mol. The van der Waals surface area contributed by atoms with Crippen LogP contribution >= 0.6 is 0 Å². The van der Waals surface area contributed by atoms with Gasteiger partial charge in [0.15, 0.2) is 12.2 Å². The summed E-state index contributed by atoms with van der Waals surface area (Å²) in [5.41, 5.74) is 1.00. The van der Waals surface area contributed by atoms with Crippen LogP contribution < -0.4 is 5.76 Å². The molecule has 1 saturated heterocycles. The van der Waals surface area contributed by atoms with E-state index in [2.05, 4.69) is 4.74 Å². The maximum atomic E-state index is 11.8. The van der Waals surface area contributed by atoms with Gasteiger partial charge in [-0.3, -0.25) is 14.2 Å². The number of para-hydroxylation sites is 2. The van der Waals surface area contributed by atoms with Gasteiger partial charge in [-0.2, -0.15) is 0 Å². The number of imide groups is 1. The molecule has 3 rings (SSSR count). The fraction of sp³-hybridized carbons (Fsp3) is 0.333. The number of hydrogen-bond acceptors (Lipinski definition) is 7. The second-order valence-electron chi connectivity index (χ2n) is 5.06. The molecule has 0 atom stereocenters. The number of carbonyl (C=O) groups excluding carboxylic acids is 3. The molecule has 0 bridgehead atoms. The van der Waals surface area contributed by atoms with Crippen LogP contribution in [-0.2, 0) is 25.6 Å². The fourth-order valence-electron chi connectivity index (χ4n) is 2.34. The Morgan fingerprint density at radius 1 is 1.21 bits per heavy atom. The molecule has 1 aromatic heterocycles. The number of fused-ring (bicyclic) bond motifs is 1. The predicted octanol–water partition coefficient (Wildman–Crippen LogP) is 0.507. The van der Waals surface area contributed by atoms with Gasteiger partial charge in [-0.15, -0.1) is 0 Å². The molecule has 1 aromatic carbocycles. The summed E-state index contributed by atoms with van der Waals surface area (Å²) in [6.07, 6.45) is -0.853. The molecule has 0 saturated carbocycles. The van der Waals surface area contributed by atoms with Gasteiger partial charge in [0.2, 0.25) is 0 Å². The molecule has 0 N–H and O–H groups in total. The van der Waals surface area contributed by atoms with Gasteiger partial charge in [0.05, 0.1) is 18.5 Å². The molecule has 2 aromatic rings. The number of carbonyl (C=O) groups is 3. The maximum Gasteiger partial charge on any atom is 0.419 e. The zero-order valence-corrected chi connectivity index (χ0v) is 12.6. The molecule has 1 aliphatic heterocycles. The van der Waals surface area contributed by atoms with Crippen molar-refractivity contribution in [1.29, 1.82) is 0 Å². The lowest BCUT2D eigenvalue weighted by Gasteiger charge is -2.10. The number of cyclic esters (lactones) is 1. The van der Waals surface area contributed by atoms with E-state index in [1.54, 1.807) is 24.3 Å². The van der Waals surface area contributed by atoms with Crippen LogP contribution in [-0.4, -0.2) is 47.2 Å². The molecule has 9 heteroatoms. The van der Waals surface area contributed by atoms with Crippen molar-refractivity contribution in [3.05, 3.63) is 34.8 Å². The summed E-state index contributed by atoms with van der Waals surface area (Å²) in [5, 5.41) is 0. The van der Waals surface area contributed by atoms with Crippen LogP contribution in [0.5, 0.6) is 0 Å². The van der Waals surface area contributed by atoms with Gasteiger partial charge in [0.25, 0.3) is 5.91 Å². The van der Waals surface area contributed by atoms with Crippen molar-refractivity contribution < 1.29 is 28.3 Å². The lowest BCUT2D eigenvalue weighted by molar-refractivity contribution is -0.150. The van der Waals surface area contributed by atoms with Crippen molar-refractivity contribution in [2.45, 2.75) is 13.0 Å². The minimum absolute atomic E-state index is 0.0641. The van der Waals surface area contributed by atoms with Gasteiger partial charge in [-0.05, 0) is 12.1 Å². The van der Waals surface area contributed by atoms with Gasteiger partial charge in [-0.25, -0.2) is 14.5 Å². The highest BCUT2D eigenvalue weighted by molar-refractivity contribution is 5.94. The first-order valence-electron chi connectivity index (χ1n) is 7.27. The lowest BCUT2D eigenvalue weighted by Crippen LogP contribution is -2.35. The molecule has 1 aliphatic rings. The normalized spacial score (nSPS) is 14.0. The number of hydrogen-bond donors (Lipinski definition) is 0. The smallest absolute Gasteiger partial charge is 0.419 e. The summed E-state index contributed by atoms with van der Waals surface area (Å²) >= 11 is 0. The number of oxazole rings is 1. The Morgan fingerprint density at radius 3 is 2.75 bits per heavy atom. The van der Waals surface area contributed by atoms with Crippen LogP contribution in [0.3, 0.4) is 0 Å². The third-order valence-electron chi connectivity index (χ3n) is 3.53. The topological polar surface area (TPSA) is 108 Å². The third-order valence-corrected chi connectivity index (χ3v) is 3.53. The molecule has 0 aliphatic carbocycles. The van der Waals surface area contributed by atoms with E-state index in [1.807, 2.05) is 0 Å². The van der Waals surface area contributed by atoms with Crippen LogP contribution in [0.1, 0.15) is 6.42 Å². The van der Waals surface area contributed by atoms with Gasteiger partial charge in [-0.1, -0.05) is 12.1 Å². The van der Waals surface area contributed by atoms with Crippen LogP contribution in [0.15, 0.2) is 33.5 Å². The minimum atomic E-state index is -0.743. The molecule has 0 radical (unpaired) electrons. The maximum absolute atomic E-state index is 11.8. The quantitative estimate of drug-likeness (QED) is 0.733. The zero-order chi connectivity index (χ0) is 17.1. The second-order valence-corrected chi connectivity index (χ2v) is 5.06. The van der Waals surface area contributed by atoms with E-state index in [1.165, 1.54) is 4.57 Å². The average molecular weight is 334 g/mol. The van der Waals surface area contributed by atoms with Crippen molar-refractivity contribution in [2.75, 3.05) is 19.8 Å². The summed E-state index contributed by atoms with van der Waals surface area (Å²) in [4.78, 5) is 47.3. The number of esters is 1. The SMILES string of the molecule is O=C(CCn1c(=O)oc2ccccc21)OCC(=O)N1CCOC1=O. The first-order valence-corrected chi connectivity index (χ1v) is 7.27. The summed E-state index contributed by atoms with van der Waals surface area (Å²) < 4.78 is 15.8. The molecular formula is C15H14N2O7.